The molecule has 3 rings (SSSR count). The molecule has 2 heterocycles. The van der Waals surface area contributed by atoms with E-state index < -0.39 is 24.0 Å². The highest BCUT2D eigenvalue weighted by Crippen LogP contribution is 2.32. The molecule has 2 N–H and O–H groups in total. The van der Waals surface area contributed by atoms with E-state index in [1.54, 1.807) is 11.0 Å². The number of oxazole rings is 1. The first kappa shape index (κ1) is 21.6. The summed E-state index contributed by atoms with van der Waals surface area (Å²) in [4.78, 5) is 28.4. The number of carboxylic acids is 1. The SMILES string of the molecule is O=C(O)c1cnc(CCCN2C(=O)CC[C@@H]2C=CC(O)C(F)(F)c2ccccc2)o1. The molecule has 1 aliphatic heterocycles. The van der Waals surface area contributed by atoms with E-state index in [-0.39, 0.29) is 23.1 Å². The average Bonchev–Trinajstić information content (AvgIpc) is 3.34. The smallest absolute Gasteiger partial charge is 0.373 e. The third-order valence-corrected chi connectivity index (χ3v) is 4.97. The number of aryl methyl sites for hydroxylation is 1. The molecule has 1 aromatic carbocycles. The van der Waals surface area contributed by atoms with E-state index in [9.17, 15) is 23.5 Å². The molecule has 0 saturated carbocycles. The van der Waals surface area contributed by atoms with Crippen molar-refractivity contribution in [3.63, 3.8) is 0 Å². The normalized spacial score (nSPS) is 18.3. The molecule has 2 atom stereocenters. The second kappa shape index (κ2) is 9.17. The largest absolute Gasteiger partial charge is 0.475 e. The maximum Gasteiger partial charge on any atom is 0.373 e. The Bertz CT molecular complexity index is 913. The van der Waals surface area contributed by atoms with Crippen LogP contribution in [-0.2, 0) is 17.1 Å². The number of aliphatic hydroxyl groups excluding tert-OH is 1. The van der Waals surface area contributed by atoms with Gasteiger partial charge in [0.15, 0.2) is 5.89 Å². The monoisotopic (exact) mass is 420 g/mol. The zero-order chi connectivity index (χ0) is 21.7. The second-order valence-corrected chi connectivity index (χ2v) is 7.04. The number of carboxylic acid groups (broad SMARTS) is 1. The number of likely N-dealkylation sites (tertiary alicyclic amines) is 1. The van der Waals surface area contributed by atoms with Crippen LogP contribution in [0, 0.1) is 0 Å². The highest BCUT2D eigenvalue weighted by molar-refractivity contribution is 5.83. The molecule has 1 saturated heterocycles. The minimum atomic E-state index is -3.45. The van der Waals surface area contributed by atoms with Gasteiger partial charge in [-0.05, 0) is 12.8 Å². The minimum absolute atomic E-state index is 0.104. The molecule has 1 amide bonds. The van der Waals surface area contributed by atoms with Crippen molar-refractivity contribution in [2.75, 3.05) is 6.54 Å². The molecular weight excluding hydrogens is 398 g/mol. The number of carbonyl (C=O) groups excluding carboxylic acids is 1. The first-order chi connectivity index (χ1) is 14.3. The van der Waals surface area contributed by atoms with Crippen molar-refractivity contribution in [2.45, 2.75) is 43.8 Å². The second-order valence-electron chi connectivity index (χ2n) is 7.04. The van der Waals surface area contributed by atoms with Crippen molar-refractivity contribution in [2.24, 2.45) is 0 Å². The van der Waals surface area contributed by atoms with Gasteiger partial charge in [0.25, 0.3) is 0 Å². The molecule has 1 unspecified atom stereocenters. The number of hydrogen-bond donors (Lipinski definition) is 2. The molecule has 1 fully saturated rings. The summed E-state index contributed by atoms with van der Waals surface area (Å²) in [6.07, 6.45) is 3.17. The third kappa shape index (κ3) is 4.91. The summed E-state index contributed by atoms with van der Waals surface area (Å²) in [5.41, 5.74) is -0.284. The Kier molecular flexibility index (Phi) is 6.61. The predicted molar refractivity (Wildman–Crippen MR) is 102 cm³/mol. The van der Waals surface area contributed by atoms with Crippen LogP contribution in [0.5, 0.6) is 0 Å². The lowest BCUT2D eigenvalue weighted by atomic mass is 10.0. The fraction of sp³-hybridized carbons (Fsp3) is 0.381. The number of carbonyl (C=O) groups is 2. The highest BCUT2D eigenvalue weighted by Gasteiger charge is 2.39. The lowest BCUT2D eigenvalue weighted by Gasteiger charge is -2.24. The van der Waals surface area contributed by atoms with Gasteiger partial charge in [0, 0.05) is 24.9 Å². The van der Waals surface area contributed by atoms with Crippen molar-refractivity contribution >= 4 is 11.9 Å². The first-order valence-corrected chi connectivity index (χ1v) is 9.56. The summed E-state index contributed by atoms with van der Waals surface area (Å²) in [6, 6.07) is 6.68. The molecule has 0 bridgehead atoms. The molecule has 9 heteroatoms. The lowest BCUT2D eigenvalue weighted by Crippen LogP contribution is -2.34. The Hall–Kier alpha value is -3.07. The van der Waals surface area contributed by atoms with Gasteiger partial charge in [-0.25, -0.2) is 9.78 Å². The van der Waals surface area contributed by atoms with Gasteiger partial charge < -0.3 is 19.5 Å². The van der Waals surface area contributed by atoms with Crippen molar-refractivity contribution < 1.29 is 33.0 Å². The van der Waals surface area contributed by atoms with E-state index >= 15 is 0 Å². The van der Waals surface area contributed by atoms with Crippen LogP contribution in [0.2, 0.25) is 0 Å². The van der Waals surface area contributed by atoms with Crippen molar-refractivity contribution in [3.05, 3.63) is 65.9 Å². The Morgan fingerprint density at radius 3 is 2.77 bits per heavy atom. The summed E-state index contributed by atoms with van der Waals surface area (Å²) in [6.45, 7) is 0.337. The van der Waals surface area contributed by atoms with E-state index in [1.165, 1.54) is 30.3 Å². The number of aromatic carboxylic acids is 1. The van der Waals surface area contributed by atoms with Crippen LogP contribution in [0.4, 0.5) is 8.78 Å². The number of rotatable bonds is 9. The minimum Gasteiger partial charge on any atom is -0.475 e. The maximum absolute atomic E-state index is 14.4. The topological polar surface area (TPSA) is 104 Å². The molecule has 0 aliphatic carbocycles. The summed E-state index contributed by atoms with van der Waals surface area (Å²) in [7, 11) is 0. The quantitative estimate of drug-likeness (QED) is 0.605. The van der Waals surface area contributed by atoms with Gasteiger partial charge in [0.2, 0.25) is 11.7 Å². The third-order valence-electron chi connectivity index (χ3n) is 4.97. The zero-order valence-corrected chi connectivity index (χ0v) is 16.1. The molecule has 160 valence electrons. The number of aromatic nitrogens is 1. The van der Waals surface area contributed by atoms with Crippen molar-refractivity contribution in [1.82, 2.24) is 9.88 Å². The number of alkyl halides is 2. The molecule has 7 nitrogen and oxygen atoms in total. The molecule has 30 heavy (non-hydrogen) atoms. The lowest BCUT2D eigenvalue weighted by molar-refractivity contribution is -0.128. The fourth-order valence-electron chi connectivity index (χ4n) is 3.36. The Morgan fingerprint density at radius 1 is 1.37 bits per heavy atom. The van der Waals surface area contributed by atoms with Crippen LogP contribution in [-0.4, -0.2) is 50.7 Å². The van der Waals surface area contributed by atoms with Crippen molar-refractivity contribution in [3.8, 4) is 0 Å². The van der Waals surface area contributed by atoms with E-state index in [4.69, 9.17) is 9.52 Å². The van der Waals surface area contributed by atoms with Gasteiger partial charge in [-0.1, -0.05) is 42.5 Å². The van der Waals surface area contributed by atoms with Gasteiger partial charge in [-0.3, -0.25) is 4.79 Å². The zero-order valence-electron chi connectivity index (χ0n) is 16.1. The van der Waals surface area contributed by atoms with Crippen LogP contribution in [0.15, 0.2) is 53.1 Å². The van der Waals surface area contributed by atoms with Gasteiger partial charge in [-0.15, -0.1) is 0 Å². The molecule has 1 aliphatic rings. The number of aliphatic hydroxyl groups is 1. The van der Waals surface area contributed by atoms with Crippen LogP contribution in [0.25, 0.3) is 0 Å². The van der Waals surface area contributed by atoms with Crippen molar-refractivity contribution in [1.29, 1.82) is 0 Å². The predicted octanol–water partition coefficient (Wildman–Crippen LogP) is 3.01. The molecule has 1 aromatic heterocycles. The van der Waals surface area contributed by atoms with Crippen LogP contribution >= 0.6 is 0 Å². The Labute approximate surface area is 171 Å². The van der Waals surface area contributed by atoms with E-state index in [0.29, 0.717) is 32.2 Å². The molecule has 0 spiro atoms. The molecule has 0 radical (unpaired) electrons. The summed E-state index contributed by atoms with van der Waals surface area (Å²) < 4.78 is 33.9. The van der Waals surface area contributed by atoms with Gasteiger partial charge in [0.05, 0.1) is 12.2 Å². The standard InChI is InChI=1S/C21H22F2N2O5/c22-21(23,14-5-2-1-3-6-14)17(26)10-8-15-9-11-19(27)25(15)12-4-7-18-24-13-16(30-18)20(28)29/h1-3,5-6,8,10,13,15,17,26H,4,7,9,11-12H2,(H,28,29)/t15-,17?/m0/s1. The van der Waals surface area contributed by atoms with Gasteiger partial charge in [0.1, 0.15) is 6.10 Å². The van der Waals surface area contributed by atoms with E-state index in [0.717, 1.165) is 12.3 Å². The van der Waals surface area contributed by atoms with Crippen LogP contribution < -0.4 is 0 Å². The Balaban J connectivity index is 1.58. The van der Waals surface area contributed by atoms with Gasteiger partial charge >= 0.3 is 11.9 Å². The maximum atomic E-state index is 14.4. The number of hydrogen-bond acceptors (Lipinski definition) is 5. The number of amides is 1. The number of benzene rings is 1. The molecular formula is C21H22F2N2O5. The van der Waals surface area contributed by atoms with E-state index in [1.807, 2.05) is 0 Å². The summed E-state index contributed by atoms with van der Waals surface area (Å²) in [5.74, 6) is -4.76. The summed E-state index contributed by atoms with van der Waals surface area (Å²) in [5, 5.41) is 18.8. The Morgan fingerprint density at radius 2 is 2.10 bits per heavy atom. The van der Waals surface area contributed by atoms with Gasteiger partial charge in [-0.2, -0.15) is 8.78 Å². The fourth-order valence-corrected chi connectivity index (χ4v) is 3.36. The van der Waals surface area contributed by atoms with E-state index in [2.05, 4.69) is 4.98 Å². The number of nitrogens with zero attached hydrogens (tertiary/aromatic N) is 2. The van der Waals surface area contributed by atoms with Crippen LogP contribution in [0.1, 0.15) is 41.3 Å². The first-order valence-electron chi connectivity index (χ1n) is 9.56. The highest BCUT2D eigenvalue weighted by atomic mass is 19.3. The number of halogens is 2. The summed E-state index contributed by atoms with van der Waals surface area (Å²) >= 11 is 0. The molecule has 2 aromatic rings. The average molecular weight is 420 g/mol. The van der Waals surface area contributed by atoms with Crippen LogP contribution in [0.3, 0.4) is 0 Å².